The number of hydrogen-bond donors (Lipinski definition) is 2. The second-order valence-corrected chi connectivity index (χ2v) is 4.01. The van der Waals surface area contributed by atoms with E-state index in [9.17, 15) is 4.79 Å². The first-order chi connectivity index (χ1) is 8.58. The number of aryl methyl sites for hydroxylation is 1. The summed E-state index contributed by atoms with van der Waals surface area (Å²) in [5.41, 5.74) is 12.7. The standard InChI is InChI=1S/C13H14N4O/c1-8-11(13(15)18)12(14)17-10(16-8)7-9-5-3-2-4-6-9/h2-6H,7H2,1H3,(H2,15,18)(H2,14,16,17). The molecule has 0 spiro atoms. The highest BCUT2D eigenvalue weighted by Crippen LogP contribution is 2.14. The average molecular weight is 242 g/mol. The summed E-state index contributed by atoms with van der Waals surface area (Å²) in [7, 11) is 0. The van der Waals surface area contributed by atoms with Gasteiger partial charge in [0.15, 0.2) is 0 Å². The van der Waals surface area contributed by atoms with E-state index < -0.39 is 5.91 Å². The molecule has 1 heterocycles. The molecule has 0 fully saturated rings. The zero-order valence-electron chi connectivity index (χ0n) is 10.1. The molecule has 0 bridgehead atoms. The molecule has 0 saturated heterocycles. The lowest BCUT2D eigenvalue weighted by Gasteiger charge is -2.07. The van der Waals surface area contributed by atoms with Gasteiger partial charge >= 0.3 is 0 Å². The van der Waals surface area contributed by atoms with Crippen molar-refractivity contribution in [1.82, 2.24) is 9.97 Å². The fraction of sp³-hybridized carbons (Fsp3) is 0.154. The molecule has 2 aromatic rings. The van der Waals surface area contributed by atoms with Crippen molar-refractivity contribution in [2.24, 2.45) is 5.73 Å². The van der Waals surface area contributed by atoms with E-state index in [0.717, 1.165) is 5.56 Å². The molecular weight excluding hydrogens is 228 g/mol. The van der Waals surface area contributed by atoms with Crippen LogP contribution in [-0.4, -0.2) is 15.9 Å². The van der Waals surface area contributed by atoms with E-state index in [2.05, 4.69) is 9.97 Å². The molecular formula is C13H14N4O. The molecule has 1 amide bonds. The van der Waals surface area contributed by atoms with Crippen LogP contribution in [0.25, 0.3) is 0 Å². The van der Waals surface area contributed by atoms with Crippen molar-refractivity contribution >= 4 is 11.7 Å². The van der Waals surface area contributed by atoms with Gasteiger partial charge in [-0.1, -0.05) is 30.3 Å². The topological polar surface area (TPSA) is 94.9 Å². The number of benzene rings is 1. The van der Waals surface area contributed by atoms with Crippen LogP contribution in [0.4, 0.5) is 5.82 Å². The minimum Gasteiger partial charge on any atom is -0.383 e. The number of nitrogens with two attached hydrogens (primary N) is 2. The fourth-order valence-corrected chi connectivity index (χ4v) is 1.82. The normalized spacial score (nSPS) is 10.3. The van der Waals surface area contributed by atoms with Gasteiger partial charge in [-0.15, -0.1) is 0 Å². The van der Waals surface area contributed by atoms with E-state index in [1.54, 1.807) is 6.92 Å². The highest BCUT2D eigenvalue weighted by molar-refractivity contribution is 5.98. The second kappa shape index (κ2) is 4.83. The smallest absolute Gasteiger partial charge is 0.254 e. The number of nitrogens with zero attached hydrogens (tertiary/aromatic N) is 2. The Hall–Kier alpha value is -2.43. The van der Waals surface area contributed by atoms with Crippen molar-refractivity contribution in [2.45, 2.75) is 13.3 Å². The average Bonchev–Trinajstić information content (AvgIpc) is 2.28. The number of carbonyl (C=O) groups excluding carboxylic acids is 1. The van der Waals surface area contributed by atoms with Crippen LogP contribution < -0.4 is 11.5 Å². The summed E-state index contributed by atoms with van der Waals surface area (Å²) in [6.07, 6.45) is 0.574. The van der Waals surface area contributed by atoms with Gasteiger partial charge in [0.05, 0.1) is 5.69 Å². The van der Waals surface area contributed by atoms with E-state index in [1.165, 1.54) is 0 Å². The van der Waals surface area contributed by atoms with Crippen LogP contribution in [0.15, 0.2) is 30.3 Å². The molecule has 1 aromatic carbocycles. The molecule has 2 rings (SSSR count). The lowest BCUT2D eigenvalue weighted by atomic mass is 10.1. The summed E-state index contributed by atoms with van der Waals surface area (Å²) in [5, 5.41) is 0. The number of primary amides is 1. The predicted octanol–water partition coefficient (Wildman–Crippen LogP) is 1.06. The van der Waals surface area contributed by atoms with Gasteiger partial charge in [0.2, 0.25) is 0 Å². The van der Waals surface area contributed by atoms with Gasteiger partial charge in [0.1, 0.15) is 17.2 Å². The van der Waals surface area contributed by atoms with E-state index in [0.29, 0.717) is 17.9 Å². The molecule has 5 heteroatoms. The molecule has 4 N–H and O–H groups in total. The van der Waals surface area contributed by atoms with Gasteiger partial charge in [-0.05, 0) is 12.5 Å². The highest BCUT2D eigenvalue weighted by atomic mass is 16.1. The van der Waals surface area contributed by atoms with E-state index in [1.807, 2.05) is 30.3 Å². The Morgan fingerprint density at radius 1 is 1.22 bits per heavy atom. The van der Waals surface area contributed by atoms with Crippen LogP contribution in [0.3, 0.4) is 0 Å². The van der Waals surface area contributed by atoms with Gasteiger partial charge in [0.25, 0.3) is 5.91 Å². The monoisotopic (exact) mass is 242 g/mol. The Morgan fingerprint density at radius 3 is 2.44 bits per heavy atom. The third kappa shape index (κ3) is 2.45. The molecule has 0 aliphatic rings. The first-order valence-corrected chi connectivity index (χ1v) is 5.54. The van der Waals surface area contributed by atoms with Crippen LogP contribution in [0.5, 0.6) is 0 Å². The van der Waals surface area contributed by atoms with Crippen molar-refractivity contribution in [3.63, 3.8) is 0 Å². The number of rotatable bonds is 3. The molecule has 0 aliphatic heterocycles. The minimum absolute atomic E-state index is 0.140. The summed E-state index contributed by atoms with van der Waals surface area (Å²) in [4.78, 5) is 19.5. The zero-order chi connectivity index (χ0) is 13.1. The van der Waals surface area contributed by atoms with Crippen LogP contribution in [0.2, 0.25) is 0 Å². The van der Waals surface area contributed by atoms with E-state index in [-0.39, 0.29) is 11.4 Å². The van der Waals surface area contributed by atoms with Crippen molar-refractivity contribution in [3.8, 4) is 0 Å². The fourth-order valence-electron chi connectivity index (χ4n) is 1.82. The molecule has 0 saturated carbocycles. The summed E-state index contributed by atoms with van der Waals surface area (Å²) >= 11 is 0. The van der Waals surface area contributed by atoms with Crippen LogP contribution in [-0.2, 0) is 6.42 Å². The lowest BCUT2D eigenvalue weighted by molar-refractivity contribution is 0.1000. The third-order valence-electron chi connectivity index (χ3n) is 2.62. The molecule has 0 radical (unpaired) electrons. The van der Waals surface area contributed by atoms with Crippen molar-refractivity contribution in [2.75, 3.05) is 5.73 Å². The second-order valence-electron chi connectivity index (χ2n) is 4.01. The molecule has 0 aliphatic carbocycles. The maximum absolute atomic E-state index is 11.2. The van der Waals surface area contributed by atoms with Crippen LogP contribution in [0.1, 0.15) is 27.4 Å². The van der Waals surface area contributed by atoms with Crippen molar-refractivity contribution < 1.29 is 4.79 Å². The molecule has 18 heavy (non-hydrogen) atoms. The predicted molar refractivity (Wildman–Crippen MR) is 68.9 cm³/mol. The quantitative estimate of drug-likeness (QED) is 0.841. The maximum atomic E-state index is 11.2. The first-order valence-electron chi connectivity index (χ1n) is 5.54. The Balaban J connectivity index is 2.34. The third-order valence-corrected chi connectivity index (χ3v) is 2.62. The summed E-state index contributed by atoms with van der Waals surface area (Å²) in [6.45, 7) is 1.70. The number of anilines is 1. The van der Waals surface area contributed by atoms with Crippen molar-refractivity contribution in [1.29, 1.82) is 0 Å². The molecule has 5 nitrogen and oxygen atoms in total. The van der Waals surface area contributed by atoms with Gasteiger partial charge in [-0.3, -0.25) is 4.79 Å². The summed E-state index contributed by atoms with van der Waals surface area (Å²) in [6, 6.07) is 9.81. The number of carbonyl (C=O) groups is 1. The van der Waals surface area contributed by atoms with Crippen molar-refractivity contribution in [3.05, 3.63) is 53.0 Å². The summed E-state index contributed by atoms with van der Waals surface area (Å²) in [5.74, 6) is 0.124. The number of nitrogen functional groups attached to an aromatic ring is 1. The van der Waals surface area contributed by atoms with Gasteiger partial charge in [-0.25, -0.2) is 9.97 Å². The summed E-state index contributed by atoms with van der Waals surface area (Å²) < 4.78 is 0. The number of amides is 1. The maximum Gasteiger partial charge on any atom is 0.254 e. The number of aromatic nitrogens is 2. The van der Waals surface area contributed by atoms with Gasteiger partial charge in [-0.2, -0.15) is 0 Å². The van der Waals surface area contributed by atoms with E-state index >= 15 is 0 Å². The molecule has 1 aromatic heterocycles. The largest absolute Gasteiger partial charge is 0.383 e. The van der Waals surface area contributed by atoms with Gasteiger partial charge < -0.3 is 11.5 Å². The molecule has 0 unspecified atom stereocenters. The van der Waals surface area contributed by atoms with Crippen LogP contribution >= 0.6 is 0 Å². The lowest BCUT2D eigenvalue weighted by Crippen LogP contribution is -2.18. The SMILES string of the molecule is Cc1nc(Cc2ccccc2)nc(N)c1C(N)=O. The van der Waals surface area contributed by atoms with E-state index in [4.69, 9.17) is 11.5 Å². The Morgan fingerprint density at radius 2 is 1.89 bits per heavy atom. The number of hydrogen-bond acceptors (Lipinski definition) is 4. The Kier molecular flexibility index (Phi) is 3.23. The Labute approximate surface area is 105 Å². The first kappa shape index (κ1) is 12.0. The van der Waals surface area contributed by atoms with Gasteiger partial charge in [0, 0.05) is 6.42 Å². The molecule has 0 atom stereocenters. The Bertz CT molecular complexity index is 558. The van der Waals surface area contributed by atoms with Crippen LogP contribution in [0, 0.1) is 6.92 Å². The highest BCUT2D eigenvalue weighted by Gasteiger charge is 2.14. The zero-order valence-corrected chi connectivity index (χ0v) is 10.1. The molecule has 92 valence electrons. The minimum atomic E-state index is -0.601.